The molecule has 2 aromatic heterocycles. The van der Waals surface area contributed by atoms with Crippen LogP contribution in [0.15, 0.2) is 47.0 Å². The fraction of sp³-hybridized carbons (Fsp3) is 0.238. The van der Waals surface area contributed by atoms with Gasteiger partial charge in [0.25, 0.3) is 5.89 Å². The van der Waals surface area contributed by atoms with E-state index in [1.165, 1.54) is 16.7 Å². The van der Waals surface area contributed by atoms with Gasteiger partial charge in [0, 0.05) is 10.6 Å². The van der Waals surface area contributed by atoms with E-state index in [0.717, 1.165) is 11.3 Å². The zero-order valence-corrected chi connectivity index (χ0v) is 16.7. The van der Waals surface area contributed by atoms with Gasteiger partial charge in [-0.15, -0.1) is 5.10 Å². The maximum Gasteiger partial charge on any atom is 0.280 e. The van der Waals surface area contributed by atoms with E-state index in [9.17, 15) is 0 Å². The van der Waals surface area contributed by atoms with Crippen molar-refractivity contribution in [2.24, 2.45) is 0 Å². The van der Waals surface area contributed by atoms with Gasteiger partial charge in [0.15, 0.2) is 5.69 Å². The van der Waals surface area contributed by atoms with Crippen LogP contribution in [0.25, 0.3) is 23.0 Å². The van der Waals surface area contributed by atoms with Crippen molar-refractivity contribution in [1.29, 1.82) is 0 Å². The maximum absolute atomic E-state index is 6.13. The molecule has 0 fully saturated rings. The van der Waals surface area contributed by atoms with Gasteiger partial charge in [-0.1, -0.05) is 57.9 Å². The summed E-state index contributed by atoms with van der Waals surface area (Å²) in [5.74, 6) is 0.768. The summed E-state index contributed by atoms with van der Waals surface area (Å²) in [5, 5.41) is 13.2. The molecule has 3 heterocycles. The summed E-state index contributed by atoms with van der Waals surface area (Å²) in [4.78, 5) is 4.47. The monoisotopic (exact) mass is 407 g/mol. The number of benzene rings is 2. The first kappa shape index (κ1) is 18.0. The number of aryl methyl sites for hydroxylation is 2. The topological polar surface area (TPSA) is 78.9 Å². The lowest BCUT2D eigenvalue weighted by atomic mass is 10.0. The zero-order chi connectivity index (χ0) is 20.0. The minimum atomic E-state index is -0.0673. The van der Waals surface area contributed by atoms with Gasteiger partial charge >= 0.3 is 0 Å². The minimum Gasteiger partial charge on any atom is -0.365 e. The van der Waals surface area contributed by atoms with E-state index >= 15 is 0 Å². The lowest BCUT2D eigenvalue weighted by Crippen LogP contribution is -2.22. The van der Waals surface area contributed by atoms with Crippen molar-refractivity contribution >= 4 is 11.6 Å². The van der Waals surface area contributed by atoms with Crippen molar-refractivity contribution in [2.45, 2.75) is 33.1 Å². The number of aromatic nitrogens is 5. The van der Waals surface area contributed by atoms with E-state index in [2.05, 4.69) is 52.5 Å². The van der Waals surface area contributed by atoms with Gasteiger partial charge in [-0.2, -0.15) is 4.98 Å². The molecular weight excluding hydrogens is 390 g/mol. The van der Waals surface area contributed by atoms with Crippen LogP contribution in [0.1, 0.15) is 28.5 Å². The van der Waals surface area contributed by atoms with Crippen LogP contribution in [0, 0.1) is 13.8 Å². The third kappa shape index (κ3) is 3.32. The smallest absolute Gasteiger partial charge is 0.280 e. The number of nitrogens with zero attached hydrogens (tertiary/aromatic N) is 5. The number of rotatable bonds is 3. The summed E-state index contributed by atoms with van der Waals surface area (Å²) in [6, 6.07) is 13.7. The van der Waals surface area contributed by atoms with Gasteiger partial charge in [-0.3, -0.25) is 0 Å². The highest BCUT2D eigenvalue weighted by Gasteiger charge is 2.28. The third-order valence-corrected chi connectivity index (χ3v) is 5.32. The molecule has 5 rings (SSSR count). The molecule has 29 heavy (non-hydrogen) atoms. The molecule has 0 amide bonds. The minimum absolute atomic E-state index is 0.0673. The summed E-state index contributed by atoms with van der Waals surface area (Å²) in [7, 11) is 0. The Morgan fingerprint density at radius 3 is 2.86 bits per heavy atom. The standard InChI is InChI=1S/C21H18ClN5O2/c1-12-6-7-16(13(2)8-12)18-10-27-17(11-28-18)19(24-26-27)21-23-20(25-29-21)14-4-3-5-15(22)9-14/h3-9,18H,10-11H2,1-2H3/t18-/m0/s1. The molecular formula is C21H18ClN5O2. The molecule has 0 N–H and O–H groups in total. The molecule has 0 unspecified atom stereocenters. The number of hydrogen-bond acceptors (Lipinski definition) is 6. The zero-order valence-electron chi connectivity index (χ0n) is 16.0. The normalized spacial score (nSPS) is 16.0. The van der Waals surface area contributed by atoms with Gasteiger partial charge in [-0.25, -0.2) is 4.68 Å². The lowest BCUT2D eigenvalue weighted by molar-refractivity contribution is -0.00153. The van der Waals surface area contributed by atoms with Crippen molar-refractivity contribution in [2.75, 3.05) is 0 Å². The first-order chi connectivity index (χ1) is 14.1. The second kappa shape index (κ2) is 7.09. The molecule has 2 aromatic carbocycles. The second-order valence-corrected chi connectivity index (χ2v) is 7.60. The average molecular weight is 408 g/mol. The summed E-state index contributed by atoms with van der Waals surface area (Å²) >= 11 is 6.05. The van der Waals surface area contributed by atoms with Crippen molar-refractivity contribution in [3.05, 3.63) is 69.9 Å². The second-order valence-electron chi connectivity index (χ2n) is 7.16. The molecule has 1 atom stereocenters. The Labute approximate surface area is 172 Å². The number of ether oxygens (including phenoxy) is 1. The van der Waals surface area contributed by atoms with Gasteiger partial charge in [0.1, 0.15) is 6.10 Å². The highest BCUT2D eigenvalue weighted by molar-refractivity contribution is 6.30. The largest absolute Gasteiger partial charge is 0.365 e. The van der Waals surface area contributed by atoms with Crippen molar-refractivity contribution in [3.8, 4) is 23.0 Å². The SMILES string of the molecule is Cc1ccc([C@@H]2Cn3nnc(-c4nc(-c5cccc(Cl)c5)no4)c3CO2)c(C)c1. The Hall–Kier alpha value is -3.03. The van der Waals surface area contributed by atoms with Crippen LogP contribution in [-0.4, -0.2) is 25.1 Å². The van der Waals surface area contributed by atoms with Crippen molar-refractivity contribution in [1.82, 2.24) is 25.1 Å². The van der Waals surface area contributed by atoms with E-state index < -0.39 is 0 Å². The molecule has 146 valence electrons. The quantitative estimate of drug-likeness (QED) is 0.496. The summed E-state index contributed by atoms with van der Waals surface area (Å²) in [5.41, 5.74) is 5.76. The molecule has 0 radical (unpaired) electrons. The maximum atomic E-state index is 6.13. The number of hydrogen-bond donors (Lipinski definition) is 0. The van der Waals surface area contributed by atoms with E-state index in [1.54, 1.807) is 12.1 Å². The van der Waals surface area contributed by atoms with Crippen LogP contribution >= 0.6 is 11.6 Å². The number of fused-ring (bicyclic) bond motifs is 1. The molecule has 8 heteroatoms. The van der Waals surface area contributed by atoms with Crippen LogP contribution < -0.4 is 0 Å². The van der Waals surface area contributed by atoms with E-state index in [0.29, 0.717) is 35.6 Å². The molecule has 4 aromatic rings. The average Bonchev–Trinajstić information content (AvgIpc) is 3.34. The Morgan fingerprint density at radius 2 is 2.03 bits per heavy atom. The van der Waals surface area contributed by atoms with Crippen molar-refractivity contribution < 1.29 is 9.26 Å². The summed E-state index contributed by atoms with van der Waals surface area (Å²) in [6.07, 6.45) is -0.0673. The Morgan fingerprint density at radius 1 is 1.14 bits per heavy atom. The molecule has 0 saturated carbocycles. The van der Waals surface area contributed by atoms with Crippen LogP contribution in [0.2, 0.25) is 5.02 Å². The molecule has 1 aliphatic heterocycles. The first-order valence-corrected chi connectivity index (χ1v) is 9.67. The first-order valence-electron chi connectivity index (χ1n) is 9.29. The van der Waals surface area contributed by atoms with Crippen LogP contribution in [-0.2, 0) is 17.9 Å². The van der Waals surface area contributed by atoms with Crippen LogP contribution in [0.4, 0.5) is 0 Å². The molecule has 0 spiro atoms. The summed E-state index contributed by atoms with van der Waals surface area (Å²) < 4.78 is 13.4. The van der Waals surface area contributed by atoms with E-state index in [1.807, 2.05) is 16.8 Å². The van der Waals surface area contributed by atoms with Crippen molar-refractivity contribution in [3.63, 3.8) is 0 Å². The predicted molar refractivity (Wildman–Crippen MR) is 107 cm³/mol. The molecule has 0 saturated heterocycles. The van der Waals surface area contributed by atoms with Gasteiger partial charge < -0.3 is 9.26 Å². The fourth-order valence-electron chi connectivity index (χ4n) is 3.62. The van der Waals surface area contributed by atoms with E-state index in [-0.39, 0.29) is 6.10 Å². The highest BCUT2D eigenvalue weighted by atomic mass is 35.5. The molecule has 7 nitrogen and oxygen atoms in total. The highest BCUT2D eigenvalue weighted by Crippen LogP contribution is 2.32. The Balaban J connectivity index is 1.42. The van der Waals surface area contributed by atoms with Crippen LogP contribution in [0.5, 0.6) is 0 Å². The third-order valence-electron chi connectivity index (χ3n) is 5.08. The summed E-state index contributed by atoms with van der Waals surface area (Å²) in [6.45, 7) is 5.14. The molecule has 0 aliphatic carbocycles. The van der Waals surface area contributed by atoms with Gasteiger partial charge in [0.2, 0.25) is 5.82 Å². The van der Waals surface area contributed by atoms with E-state index in [4.69, 9.17) is 20.9 Å². The molecule has 1 aliphatic rings. The number of halogens is 1. The molecule has 0 bridgehead atoms. The van der Waals surface area contributed by atoms with Crippen LogP contribution in [0.3, 0.4) is 0 Å². The Bertz CT molecular complexity index is 1200. The fourth-order valence-corrected chi connectivity index (χ4v) is 3.81. The van der Waals surface area contributed by atoms with Gasteiger partial charge in [0.05, 0.1) is 18.8 Å². The predicted octanol–water partition coefficient (Wildman–Crippen LogP) is 4.54. The Kier molecular flexibility index (Phi) is 4.41. The van der Waals surface area contributed by atoms with Gasteiger partial charge in [-0.05, 0) is 37.1 Å². The lowest BCUT2D eigenvalue weighted by Gasteiger charge is -2.25.